The number of pyridine rings is 1. The van der Waals surface area contributed by atoms with Crippen LogP contribution in [0.3, 0.4) is 0 Å². The lowest BCUT2D eigenvalue weighted by molar-refractivity contribution is 0.0889. The van der Waals surface area contributed by atoms with Gasteiger partial charge in [-0.05, 0) is 47.3 Å². The maximum Gasteiger partial charge on any atom is 0.345 e. The molecule has 0 radical (unpaired) electrons. The van der Waals surface area contributed by atoms with Gasteiger partial charge in [-0.2, -0.15) is 0 Å². The van der Waals surface area contributed by atoms with E-state index in [1.807, 2.05) is 47.8 Å². The van der Waals surface area contributed by atoms with Gasteiger partial charge in [0.2, 0.25) is 0 Å². The molecule has 0 bridgehead atoms. The summed E-state index contributed by atoms with van der Waals surface area (Å²) in [7, 11) is 0. The van der Waals surface area contributed by atoms with E-state index in [0.717, 1.165) is 28.1 Å². The molecular formula is C21H16N2O3S. The predicted molar refractivity (Wildman–Crippen MR) is 105 cm³/mol. The van der Waals surface area contributed by atoms with Crippen LogP contribution in [0.25, 0.3) is 21.4 Å². The molecule has 0 atom stereocenters. The lowest BCUT2D eigenvalue weighted by Crippen LogP contribution is -2.31. The highest BCUT2D eigenvalue weighted by atomic mass is 32.1. The fourth-order valence-corrected chi connectivity index (χ4v) is 4.12. The molecule has 1 aromatic carbocycles. The van der Waals surface area contributed by atoms with Crippen LogP contribution in [0.4, 0.5) is 0 Å². The molecule has 0 unspecified atom stereocenters. The van der Waals surface area contributed by atoms with Crippen molar-refractivity contribution in [2.45, 2.75) is 13.1 Å². The Labute approximate surface area is 159 Å². The Bertz CT molecular complexity index is 1150. The number of rotatable bonds is 3. The SMILES string of the molecule is O=c1oc2c3c(ccc2cc1-c1cccs1)OCN(Cc1ccncc1)C3. The van der Waals surface area contributed by atoms with E-state index in [1.165, 1.54) is 16.9 Å². The molecule has 0 fully saturated rings. The average molecular weight is 376 g/mol. The molecule has 1 aliphatic heterocycles. The molecule has 0 saturated heterocycles. The van der Waals surface area contributed by atoms with E-state index in [1.54, 1.807) is 12.4 Å². The van der Waals surface area contributed by atoms with Gasteiger partial charge in [-0.3, -0.25) is 9.88 Å². The van der Waals surface area contributed by atoms with Gasteiger partial charge in [-0.25, -0.2) is 4.79 Å². The Morgan fingerprint density at radius 1 is 1.15 bits per heavy atom. The van der Waals surface area contributed by atoms with Crippen molar-refractivity contribution in [2.75, 3.05) is 6.73 Å². The van der Waals surface area contributed by atoms with Gasteiger partial charge >= 0.3 is 5.63 Å². The van der Waals surface area contributed by atoms with Gasteiger partial charge in [-0.1, -0.05) is 6.07 Å². The molecule has 0 spiro atoms. The minimum atomic E-state index is -0.315. The molecule has 0 saturated carbocycles. The molecule has 0 amide bonds. The van der Waals surface area contributed by atoms with Crippen LogP contribution < -0.4 is 10.4 Å². The van der Waals surface area contributed by atoms with Gasteiger partial charge in [0.1, 0.15) is 18.1 Å². The summed E-state index contributed by atoms with van der Waals surface area (Å²) in [6.45, 7) is 1.91. The number of aromatic nitrogens is 1. The summed E-state index contributed by atoms with van der Waals surface area (Å²) in [4.78, 5) is 19.7. The summed E-state index contributed by atoms with van der Waals surface area (Å²) in [5.41, 5.74) is 2.98. The zero-order chi connectivity index (χ0) is 18.2. The second kappa shape index (κ2) is 6.64. The summed E-state index contributed by atoms with van der Waals surface area (Å²) in [5.74, 6) is 0.778. The minimum absolute atomic E-state index is 0.315. The predicted octanol–water partition coefficient (Wildman–Crippen LogP) is 4.27. The Balaban J connectivity index is 1.54. The van der Waals surface area contributed by atoms with Crippen molar-refractivity contribution in [3.63, 3.8) is 0 Å². The minimum Gasteiger partial charge on any atom is -0.478 e. The maximum absolute atomic E-state index is 12.6. The van der Waals surface area contributed by atoms with Crippen LogP contribution in [-0.4, -0.2) is 16.6 Å². The molecule has 3 aromatic heterocycles. The summed E-state index contributed by atoms with van der Waals surface area (Å²) < 4.78 is 11.7. The number of hydrogen-bond acceptors (Lipinski definition) is 6. The van der Waals surface area contributed by atoms with Crippen LogP contribution in [0.5, 0.6) is 5.75 Å². The molecule has 1 aliphatic rings. The maximum atomic E-state index is 12.6. The molecule has 5 rings (SSSR count). The van der Waals surface area contributed by atoms with Crippen molar-refractivity contribution in [2.24, 2.45) is 0 Å². The van der Waals surface area contributed by atoms with E-state index >= 15 is 0 Å². The molecule has 5 nitrogen and oxygen atoms in total. The Morgan fingerprint density at radius 2 is 2.04 bits per heavy atom. The fourth-order valence-electron chi connectivity index (χ4n) is 3.39. The highest BCUT2D eigenvalue weighted by molar-refractivity contribution is 7.13. The lowest BCUT2D eigenvalue weighted by atomic mass is 10.1. The van der Waals surface area contributed by atoms with Gasteiger partial charge in [0.25, 0.3) is 0 Å². The van der Waals surface area contributed by atoms with Crippen molar-refractivity contribution < 1.29 is 9.15 Å². The lowest BCUT2D eigenvalue weighted by Gasteiger charge is -2.29. The monoisotopic (exact) mass is 376 g/mol. The third-order valence-corrected chi connectivity index (χ3v) is 5.59. The molecule has 0 N–H and O–H groups in total. The summed E-state index contributed by atoms with van der Waals surface area (Å²) >= 11 is 1.53. The van der Waals surface area contributed by atoms with Gasteiger partial charge in [0.15, 0.2) is 0 Å². The van der Waals surface area contributed by atoms with Crippen LogP contribution in [0, 0.1) is 0 Å². The first kappa shape index (κ1) is 16.2. The van der Waals surface area contributed by atoms with E-state index in [-0.39, 0.29) is 5.63 Å². The fraction of sp³-hybridized carbons (Fsp3) is 0.143. The Hall–Kier alpha value is -2.96. The van der Waals surface area contributed by atoms with Gasteiger partial charge in [0, 0.05) is 35.7 Å². The van der Waals surface area contributed by atoms with Crippen molar-refractivity contribution in [3.05, 3.63) is 81.8 Å². The quantitative estimate of drug-likeness (QED) is 0.500. The van der Waals surface area contributed by atoms with Crippen LogP contribution >= 0.6 is 11.3 Å². The van der Waals surface area contributed by atoms with Crippen LogP contribution in [0.2, 0.25) is 0 Å². The number of fused-ring (bicyclic) bond motifs is 3. The number of nitrogens with zero attached hydrogens (tertiary/aromatic N) is 2. The summed E-state index contributed by atoms with van der Waals surface area (Å²) in [6, 6.07) is 13.7. The molecular weight excluding hydrogens is 360 g/mol. The molecule has 4 heterocycles. The zero-order valence-corrected chi connectivity index (χ0v) is 15.2. The van der Waals surface area contributed by atoms with Gasteiger partial charge < -0.3 is 9.15 Å². The Kier molecular flexibility index (Phi) is 3.99. The van der Waals surface area contributed by atoms with Crippen LogP contribution in [0.15, 0.2) is 69.5 Å². The second-order valence-electron chi connectivity index (χ2n) is 6.50. The van der Waals surface area contributed by atoms with Crippen LogP contribution in [-0.2, 0) is 13.1 Å². The van der Waals surface area contributed by atoms with Crippen LogP contribution in [0.1, 0.15) is 11.1 Å². The largest absolute Gasteiger partial charge is 0.478 e. The average Bonchev–Trinajstić information content (AvgIpc) is 3.23. The van der Waals surface area contributed by atoms with E-state index < -0.39 is 0 Å². The second-order valence-corrected chi connectivity index (χ2v) is 7.45. The van der Waals surface area contributed by atoms with E-state index in [2.05, 4.69) is 9.88 Å². The first-order valence-electron chi connectivity index (χ1n) is 8.65. The molecule has 134 valence electrons. The first-order chi connectivity index (χ1) is 13.3. The van der Waals surface area contributed by atoms with Gasteiger partial charge in [0.05, 0.1) is 11.1 Å². The van der Waals surface area contributed by atoms with Gasteiger partial charge in [-0.15, -0.1) is 11.3 Å². The van der Waals surface area contributed by atoms with Crippen molar-refractivity contribution >= 4 is 22.3 Å². The smallest absolute Gasteiger partial charge is 0.345 e. The number of thiophene rings is 1. The molecule has 0 aliphatic carbocycles. The summed E-state index contributed by atoms with van der Waals surface area (Å²) in [6.07, 6.45) is 3.57. The zero-order valence-electron chi connectivity index (χ0n) is 14.4. The topological polar surface area (TPSA) is 55.6 Å². The number of benzene rings is 1. The van der Waals surface area contributed by atoms with Crippen molar-refractivity contribution in [1.29, 1.82) is 0 Å². The molecule has 27 heavy (non-hydrogen) atoms. The third kappa shape index (κ3) is 3.03. The standard InChI is InChI=1S/C21H16N2O3S/c24-21-16(19-2-1-9-27-19)10-15-3-4-18-17(20(15)26-21)12-23(13-25-18)11-14-5-7-22-8-6-14/h1-10H,11-13H2. The highest BCUT2D eigenvalue weighted by Crippen LogP contribution is 2.34. The molecule has 4 aromatic rings. The highest BCUT2D eigenvalue weighted by Gasteiger charge is 2.22. The summed E-state index contributed by atoms with van der Waals surface area (Å²) in [5, 5.41) is 2.86. The normalized spacial score (nSPS) is 14.1. The van der Waals surface area contributed by atoms with Crippen molar-refractivity contribution in [3.8, 4) is 16.2 Å². The third-order valence-electron chi connectivity index (χ3n) is 4.69. The number of hydrogen-bond donors (Lipinski definition) is 0. The number of ether oxygens (including phenoxy) is 1. The van der Waals surface area contributed by atoms with Crippen molar-refractivity contribution in [1.82, 2.24) is 9.88 Å². The van der Waals surface area contributed by atoms with E-state index in [4.69, 9.17) is 9.15 Å². The first-order valence-corrected chi connectivity index (χ1v) is 9.53. The Morgan fingerprint density at radius 3 is 2.85 bits per heavy atom. The van der Waals surface area contributed by atoms with E-state index in [0.29, 0.717) is 24.4 Å². The molecule has 6 heteroatoms. The van der Waals surface area contributed by atoms with E-state index in [9.17, 15) is 4.79 Å².